The average Bonchev–Trinajstić information content (AvgIpc) is 2.31. The minimum atomic E-state index is -1.18. The van der Waals surface area contributed by atoms with Crippen molar-refractivity contribution in [1.29, 1.82) is 0 Å². The third-order valence-corrected chi connectivity index (χ3v) is 3.24. The topological polar surface area (TPSA) is 37.3 Å². The summed E-state index contributed by atoms with van der Waals surface area (Å²) in [5.41, 5.74) is -0.115. The van der Waals surface area contributed by atoms with Crippen LogP contribution in [0.1, 0.15) is 10.4 Å². The van der Waals surface area contributed by atoms with Gasteiger partial charge in [0.1, 0.15) is 11.6 Å². The van der Waals surface area contributed by atoms with Gasteiger partial charge < -0.3 is 5.11 Å². The highest BCUT2D eigenvalue weighted by molar-refractivity contribution is 7.99. The number of carboxylic acid groups (broad SMARTS) is 1. The molecular weight excluding hydrogens is 258 g/mol. The molecule has 2 aromatic carbocycles. The molecule has 5 heteroatoms. The first-order chi connectivity index (χ1) is 8.56. The molecule has 2 nitrogen and oxygen atoms in total. The second kappa shape index (κ2) is 5.18. The Morgan fingerprint density at radius 1 is 1.11 bits per heavy atom. The highest BCUT2D eigenvalue weighted by atomic mass is 32.2. The zero-order valence-electron chi connectivity index (χ0n) is 9.06. The third-order valence-electron chi connectivity index (χ3n) is 2.20. The first-order valence-electron chi connectivity index (χ1n) is 5.02. The molecule has 92 valence electrons. The van der Waals surface area contributed by atoms with E-state index in [2.05, 4.69) is 0 Å². The number of benzene rings is 2. The maximum Gasteiger partial charge on any atom is 0.335 e. The predicted octanol–water partition coefficient (Wildman–Crippen LogP) is 3.81. The Labute approximate surface area is 106 Å². The Morgan fingerprint density at radius 2 is 1.89 bits per heavy atom. The first kappa shape index (κ1) is 12.6. The van der Waals surface area contributed by atoms with Crippen LogP contribution in [0.25, 0.3) is 0 Å². The standard InChI is InChI=1S/C13H8F2O2S/c14-9-2-1-3-10(7-9)18-12-5-4-8(13(16)17)6-11(12)15/h1-7H,(H,16,17). The van der Waals surface area contributed by atoms with Gasteiger partial charge in [-0.25, -0.2) is 13.6 Å². The van der Waals surface area contributed by atoms with E-state index >= 15 is 0 Å². The highest BCUT2D eigenvalue weighted by Crippen LogP contribution is 2.30. The van der Waals surface area contributed by atoms with E-state index in [1.54, 1.807) is 6.07 Å². The summed E-state index contributed by atoms with van der Waals surface area (Å²) in [7, 11) is 0. The fraction of sp³-hybridized carbons (Fsp3) is 0. The van der Waals surface area contributed by atoms with Crippen LogP contribution in [0.2, 0.25) is 0 Å². The lowest BCUT2D eigenvalue weighted by Crippen LogP contribution is -1.97. The SMILES string of the molecule is O=C(O)c1ccc(Sc2cccc(F)c2)c(F)c1. The molecule has 0 spiro atoms. The van der Waals surface area contributed by atoms with Crippen molar-refractivity contribution in [2.24, 2.45) is 0 Å². The van der Waals surface area contributed by atoms with Gasteiger partial charge in [-0.1, -0.05) is 17.8 Å². The van der Waals surface area contributed by atoms with Gasteiger partial charge in [0.25, 0.3) is 0 Å². The van der Waals surface area contributed by atoms with Crippen LogP contribution < -0.4 is 0 Å². The number of carbonyl (C=O) groups is 1. The Hall–Kier alpha value is -1.88. The van der Waals surface area contributed by atoms with Crippen LogP contribution in [0.5, 0.6) is 0 Å². The van der Waals surface area contributed by atoms with Crippen LogP contribution in [0.4, 0.5) is 8.78 Å². The van der Waals surface area contributed by atoms with E-state index < -0.39 is 17.6 Å². The number of hydrogen-bond acceptors (Lipinski definition) is 2. The molecule has 0 aliphatic carbocycles. The fourth-order valence-corrected chi connectivity index (χ4v) is 2.24. The summed E-state index contributed by atoms with van der Waals surface area (Å²) in [6.45, 7) is 0. The Morgan fingerprint density at radius 3 is 2.50 bits per heavy atom. The molecule has 0 aromatic heterocycles. The second-order valence-corrected chi connectivity index (χ2v) is 4.63. The number of halogens is 2. The van der Waals surface area contributed by atoms with Crippen LogP contribution >= 0.6 is 11.8 Å². The van der Waals surface area contributed by atoms with Gasteiger partial charge in [0, 0.05) is 9.79 Å². The molecule has 0 saturated carbocycles. The van der Waals surface area contributed by atoms with E-state index in [9.17, 15) is 13.6 Å². The minimum absolute atomic E-state index is 0.115. The van der Waals surface area contributed by atoms with Crippen LogP contribution in [-0.4, -0.2) is 11.1 Å². The summed E-state index contributed by atoms with van der Waals surface area (Å²) in [4.78, 5) is 11.5. The first-order valence-corrected chi connectivity index (χ1v) is 5.84. The van der Waals surface area contributed by atoms with Crippen molar-refractivity contribution in [3.63, 3.8) is 0 Å². The average molecular weight is 266 g/mol. The molecule has 0 aliphatic rings. The van der Waals surface area contributed by atoms with Crippen LogP contribution in [0.15, 0.2) is 52.3 Å². The summed E-state index contributed by atoms with van der Waals surface area (Å²) < 4.78 is 26.6. The van der Waals surface area contributed by atoms with Gasteiger partial charge in [-0.05, 0) is 36.4 Å². The summed E-state index contributed by atoms with van der Waals surface area (Å²) in [5, 5.41) is 8.70. The van der Waals surface area contributed by atoms with Crippen molar-refractivity contribution < 1.29 is 18.7 Å². The number of hydrogen-bond donors (Lipinski definition) is 1. The van der Waals surface area contributed by atoms with Gasteiger partial charge in [-0.3, -0.25) is 0 Å². The quantitative estimate of drug-likeness (QED) is 0.917. The monoisotopic (exact) mass is 266 g/mol. The van der Waals surface area contributed by atoms with Crippen LogP contribution in [0, 0.1) is 11.6 Å². The Balaban J connectivity index is 2.27. The van der Waals surface area contributed by atoms with Gasteiger partial charge in [-0.15, -0.1) is 0 Å². The smallest absolute Gasteiger partial charge is 0.335 e. The van der Waals surface area contributed by atoms with E-state index in [1.807, 2.05) is 0 Å². The second-order valence-electron chi connectivity index (χ2n) is 3.51. The van der Waals surface area contributed by atoms with Crippen LogP contribution in [0.3, 0.4) is 0 Å². The van der Waals surface area contributed by atoms with Crippen molar-refractivity contribution in [2.45, 2.75) is 9.79 Å². The Bertz CT molecular complexity index is 599. The zero-order valence-corrected chi connectivity index (χ0v) is 9.88. The minimum Gasteiger partial charge on any atom is -0.478 e. The van der Waals surface area contributed by atoms with Crippen molar-refractivity contribution in [1.82, 2.24) is 0 Å². The van der Waals surface area contributed by atoms with Crippen molar-refractivity contribution in [2.75, 3.05) is 0 Å². The summed E-state index contributed by atoms with van der Waals surface area (Å²) in [5.74, 6) is -2.22. The van der Waals surface area contributed by atoms with Gasteiger partial charge in [0.05, 0.1) is 5.56 Å². The molecule has 0 aliphatic heterocycles. The van der Waals surface area contributed by atoms with Gasteiger partial charge in [-0.2, -0.15) is 0 Å². The van der Waals surface area contributed by atoms with Crippen molar-refractivity contribution >= 4 is 17.7 Å². The molecule has 2 aromatic rings. The zero-order chi connectivity index (χ0) is 13.1. The number of aromatic carboxylic acids is 1. The summed E-state index contributed by atoms with van der Waals surface area (Å²) in [6, 6.07) is 9.40. The molecule has 1 N–H and O–H groups in total. The summed E-state index contributed by atoms with van der Waals surface area (Å²) in [6.07, 6.45) is 0. The van der Waals surface area contributed by atoms with E-state index in [0.717, 1.165) is 17.8 Å². The number of carboxylic acids is 1. The molecule has 18 heavy (non-hydrogen) atoms. The van der Waals surface area contributed by atoms with E-state index in [4.69, 9.17) is 5.11 Å². The molecule has 0 bridgehead atoms. The fourth-order valence-electron chi connectivity index (χ4n) is 1.37. The van der Waals surface area contributed by atoms with Crippen molar-refractivity contribution in [3.8, 4) is 0 Å². The molecule has 0 fully saturated rings. The van der Waals surface area contributed by atoms with Crippen LogP contribution in [-0.2, 0) is 0 Å². The van der Waals surface area contributed by atoms with Gasteiger partial charge >= 0.3 is 5.97 Å². The molecular formula is C13H8F2O2S. The third kappa shape index (κ3) is 2.87. The molecule has 0 heterocycles. The maximum absolute atomic E-state index is 13.6. The van der Waals surface area contributed by atoms with Gasteiger partial charge in [0.15, 0.2) is 0 Å². The molecule has 0 amide bonds. The molecule has 0 atom stereocenters. The molecule has 0 radical (unpaired) electrons. The summed E-state index contributed by atoms with van der Waals surface area (Å²) >= 11 is 1.04. The lowest BCUT2D eigenvalue weighted by Gasteiger charge is -2.04. The number of rotatable bonds is 3. The highest BCUT2D eigenvalue weighted by Gasteiger charge is 2.09. The molecule has 2 rings (SSSR count). The van der Waals surface area contributed by atoms with Crippen molar-refractivity contribution in [3.05, 3.63) is 59.7 Å². The van der Waals surface area contributed by atoms with Gasteiger partial charge in [0.2, 0.25) is 0 Å². The van der Waals surface area contributed by atoms with E-state index in [-0.39, 0.29) is 10.5 Å². The predicted molar refractivity (Wildman–Crippen MR) is 63.9 cm³/mol. The Kier molecular flexibility index (Phi) is 3.62. The normalized spacial score (nSPS) is 10.3. The maximum atomic E-state index is 13.6. The largest absolute Gasteiger partial charge is 0.478 e. The van der Waals surface area contributed by atoms with E-state index in [1.165, 1.54) is 30.3 Å². The lowest BCUT2D eigenvalue weighted by atomic mass is 10.2. The van der Waals surface area contributed by atoms with E-state index in [0.29, 0.717) is 4.90 Å². The molecule has 0 saturated heterocycles. The molecule has 0 unspecified atom stereocenters. The lowest BCUT2D eigenvalue weighted by molar-refractivity contribution is 0.0696.